The average Bonchev–Trinajstić information content (AvgIpc) is 2.59. The largest absolute Gasteiger partial charge is 0.457 e. The average molecular weight is 368 g/mol. The van der Waals surface area contributed by atoms with Gasteiger partial charge in [0.05, 0.1) is 5.56 Å². The zero-order valence-corrected chi connectivity index (χ0v) is 15.6. The van der Waals surface area contributed by atoms with Crippen LogP contribution in [0.15, 0.2) is 48.5 Å². The highest BCUT2D eigenvalue weighted by Crippen LogP contribution is 2.15. The summed E-state index contributed by atoms with van der Waals surface area (Å²) in [6, 6.07) is 14.8. The molecule has 2 aromatic rings. The lowest BCUT2D eigenvalue weighted by Crippen LogP contribution is -2.23. The molecule has 5 heteroatoms. The maximum absolute atomic E-state index is 12.1. The van der Waals surface area contributed by atoms with Crippen molar-refractivity contribution >= 4 is 30.0 Å². The van der Waals surface area contributed by atoms with Crippen LogP contribution in [0.3, 0.4) is 0 Å². The number of hydrogen-bond acceptors (Lipinski definition) is 3. The quantitative estimate of drug-likeness (QED) is 0.647. The monoisotopic (exact) mass is 367 g/mol. The molecule has 2 aromatic carbocycles. The van der Waals surface area contributed by atoms with Crippen LogP contribution in [-0.2, 0) is 17.9 Å². The smallest absolute Gasteiger partial charge is 0.338 e. The van der Waals surface area contributed by atoms with E-state index in [4.69, 9.17) is 16.3 Å². The van der Waals surface area contributed by atoms with E-state index < -0.39 is 0 Å². The molecule has 0 aliphatic rings. The number of ether oxygens (including phenoxy) is 1. The van der Waals surface area contributed by atoms with E-state index in [1.807, 2.05) is 18.2 Å². The summed E-state index contributed by atoms with van der Waals surface area (Å²) in [6.07, 6.45) is 0. The first-order valence-corrected chi connectivity index (χ1v) is 8.23. The standard InChI is InChI=1S/C19H22ClNO2.ClH/c1-3-21(4-2)13-16-7-5-6-8-17(16)14-23-19(22)15-9-11-18(20)12-10-15;/h5-12H,3-4,13-14H2,1-2H3;1H. The molecule has 24 heavy (non-hydrogen) atoms. The SMILES string of the molecule is CCN(CC)Cc1ccccc1COC(=O)c1ccc(Cl)cc1.Cl. The molecule has 0 N–H and O–H groups in total. The van der Waals surface area contributed by atoms with Gasteiger partial charge in [-0.15, -0.1) is 12.4 Å². The molecule has 0 atom stereocenters. The summed E-state index contributed by atoms with van der Waals surface area (Å²) < 4.78 is 5.44. The number of rotatable bonds is 7. The molecular weight excluding hydrogens is 345 g/mol. The molecule has 0 aliphatic carbocycles. The molecule has 0 amide bonds. The number of halogens is 2. The van der Waals surface area contributed by atoms with Crippen LogP contribution in [0, 0.1) is 0 Å². The number of hydrogen-bond donors (Lipinski definition) is 0. The first-order valence-electron chi connectivity index (χ1n) is 7.85. The Bertz CT molecular complexity index is 640. The second-order valence-electron chi connectivity index (χ2n) is 5.31. The van der Waals surface area contributed by atoms with E-state index in [1.165, 1.54) is 5.56 Å². The summed E-state index contributed by atoms with van der Waals surface area (Å²) in [7, 11) is 0. The molecule has 0 heterocycles. The fourth-order valence-corrected chi connectivity index (χ4v) is 2.48. The van der Waals surface area contributed by atoms with E-state index >= 15 is 0 Å². The van der Waals surface area contributed by atoms with Crippen molar-refractivity contribution in [2.24, 2.45) is 0 Å². The molecule has 0 bridgehead atoms. The normalized spacial score (nSPS) is 10.3. The minimum atomic E-state index is -0.334. The maximum Gasteiger partial charge on any atom is 0.338 e. The molecule has 0 aliphatic heterocycles. The Labute approximate surface area is 155 Å². The molecule has 0 spiro atoms. The Hall–Kier alpha value is -1.55. The van der Waals surface area contributed by atoms with Gasteiger partial charge in [-0.25, -0.2) is 4.79 Å². The van der Waals surface area contributed by atoms with Gasteiger partial charge in [-0.2, -0.15) is 0 Å². The third-order valence-electron chi connectivity index (χ3n) is 3.85. The molecule has 0 unspecified atom stereocenters. The molecule has 130 valence electrons. The lowest BCUT2D eigenvalue weighted by atomic mass is 10.1. The summed E-state index contributed by atoms with van der Waals surface area (Å²) in [6.45, 7) is 7.42. The summed E-state index contributed by atoms with van der Waals surface area (Å²) in [5.74, 6) is -0.334. The van der Waals surface area contributed by atoms with Gasteiger partial charge in [-0.3, -0.25) is 4.90 Å². The predicted molar refractivity (Wildman–Crippen MR) is 101 cm³/mol. The van der Waals surface area contributed by atoms with Crippen LogP contribution in [0.4, 0.5) is 0 Å². The van der Waals surface area contributed by atoms with Crippen molar-refractivity contribution in [1.29, 1.82) is 0 Å². The van der Waals surface area contributed by atoms with Gasteiger partial charge in [0.15, 0.2) is 0 Å². The summed E-state index contributed by atoms with van der Waals surface area (Å²) in [4.78, 5) is 14.4. The third-order valence-corrected chi connectivity index (χ3v) is 4.10. The Morgan fingerprint density at radius 3 is 2.17 bits per heavy atom. The van der Waals surface area contributed by atoms with Crippen LogP contribution in [-0.4, -0.2) is 24.0 Å². The van der Waals surface area contributed by atoms with E-state index in [-0.39, 0.29) is 25.0 Å². The van der Waals surface area contributed by atoms with Gasteiger partial charge >= 0.3 is 5.97 Å². The second kappa shape index (κ2) is 10.3. The van der Waals surface area contributed by atoms with Crippen molar-refractivity contribution in [1.82, 2.24) is 4.90 Å². The van der Waals surface area contributed by atoms with Crippen LogP contribution in [0.25, 0.3) is 0 Å². The number of nitrogens with zero attached hydrogens (tertiary/aromatic N) is 1. The zero-order valence-electron chi connectivity index (χ0n) is 14.0. The molecule has 0 radical (unpaired) electrons. The van der Waals surface area contributed by atoms with Gasteiger partial charge < -0.3 is 4.74 Å². The van der Waals surface area contributed by atoms with Crippen LogP contribution in [0.5, 0.6) is 0 Å². The highest BCUT2D eigenvalue weighted by atomic mass is 35.5. The molecule has 0 aromatic heterocycles. The number of esters is 1. The second-order valence-corrected chi connectivity index (χ2v) is 5.75. The first kappa shape index (κ1) is 20.5. The Balaban J connectivity index is 0.00000288. The van der Waals surface area contributed by atoms with Gasteiger partial charge in [0, 0.05) is 11.6 Å². The van der Waals surface area contributed by atoms with Crippen molar-refractivity contribution in [3.63, 3.8) is 0 Å². The van der Waals surface area contributed by atoms with E-state index in [9.17, 15) is 4.79 Å². The highest BCUT2D eigenvalue weighted by Gasteiger charge is 2.10. The number of carbonyl (C=O) groups excluding carboxylic acids is 1. The minimum Gasteiger partial charge on any atom is -0.457 e. The van der Waals surface area contributed by atoms with Crippen molar-refractivity contribution in [2.75, 3.05) is 13.1 Å². The predicted octanol–water partition coefficient (Wildman–Crippen LogP) is 4.96. The van der Waals surface area contributed by atoms with Gasteiger partial charge in [0.1, 0.15) is 6.61 Å². The van der Waals surface area contributed by atoms with E-state index in [0.29, 0.717) is 10.6 Å². The van der Waals surface area contributed by atoms with E-state index in [2.05, 4.69) is 24.8 Å². The number of benzene rings is 2. The summed E-state index contributed by atoms with van der Waals surface area (Å²) in [5, 5.41) is 0.603. The van der Waals surface area contributed by atoms with Crippen molar-refractivity contribution in [2.45, 2.75) is 27.0 Å². The summed E-state index contributed by atoms with van der Waals surface area (Å²) in [5.41, 5.74) is 2.75. The van der Waals surface area contributed by atoms with Crippen molar-refractivity contribution in [3.05, 3.63) is 70.2 Å². The fourth-order valence-electron chi connectivity index (χ4n) is 2.35. The Kier molecular flexibility index (Phi) is 8.83. The Morgan fingerprint density at radius 2 is 1.58 bits per heavy atom. The molecule has 0 fully saturated rings. The van der Waals surface area contributed by atoms with Crippen LogP contribution < -0.4 is 0 Å². The lowest BCUT2D eigenvalue weighted by Gasteiger charge is -2.20. The molecule has 0 saturated carbocycles. The molecule has 3 nitrogen and oxygen atoms in total. The summed E-state index contributed by atoms with van der Waals surface area (Å²) >= 11 is 5.83. The first-order chi connectivity index (χ1) is 11.1. The molecule has 2 rings (SSSR count). The maximum atomic E-state index is 12.1. The van der Waals surface area contributed by atoms with Crippen molar-refractivity contribution < 1.29 is 9.53 Å². The third kappa shape index (κ3) is 5.82. The van der Waals surface area contributed by atoms with Gasteiger partial charge in [-0.05, 0) is 48.5 Å². The Morgan fingerprint density at radius 1 is 1.00 bits per heavy atom. The van der Waals surface area contributed by atoms with E-state index in [1.54, 1.807) is 24.3 Å². The minimum absolute atomic E-state index is 0. The van der Waals surface area contributed by atoms with Crippen LogP contribution in [0.1, 0.15) is 35.3 Å². The van der Waals surface area contributed by atoms with Gasteiger partial charge in [-0.1, -0.05) is 49.7 Å². The lowest BCUT2D eigenvalue weighted by molar-refractivity contribution is 0.0471. The fraction of sp³-hybridized carbons (Fsp3) is 0.316. The van der Waals surface area contributed by atoms with Gasteiger partial charge in [0.2, 0.25) is 0 Å². The van der Waals surface area contributed by atoms with Crippen molar-refractivity contribution in [3.8, 4) is 0 Å². The number of carbonyl (C=O) groups is 1. The van der Waals surface area contributed by atoms with E-state index in [0.717, 1.165) is 25.2 Å². The highest BCUT2D eigenvalue weighted by molar-refractivity contribution is 6.30. The topological polar surface area (TPSA) is 29.5 Å². The molecule has 0 saturated heterocycles. The molecular formula is C19H23Cl2NO2. The van der Waals surface area contributed by atoms with Crippen LogP contribution in [0.2, 0.25) is 5.02 Å². The zero-order chi connectivity index (χ0) is 16.7. The van der Waals surface area contributed by atoms with Crippen LogP contribution >= 0.6 is 24.0 Å². The van der Waals surface area contributed by atoms with Gasteiger partial charge in [0.25, 0.3) is 0 Å².